The molecule has 1 aliphatic heterocycles. The van der Waals surface area contributed by atoms with Gasteiger partial charge in [0.25, 0.3) is 5.91 Å². The number of nitrogens with zero attached hydrogens (tertiary/aromatic N) is 3. The third kappa shape index (κ3) is 2.34. The Morgan fingerprint density at radius 3 is 2.89 bits per heavy atom. The minimum Gasteiger partial charge on any atom is -0.336 e. The monoisotopic (exact) mass is 293 g/mol. The van der Waals surface area contributed by atoms with Crippen molar-refractivity contribution >= 4 is 34.9 Å². The number of rotatable bonds is 2. The number of carbonyl (C=O) groups excluding carboxylic acids is 1. The summed E-state index contributed by atoms with van der Waals surface area (Å²) >= 11 is 3.46. The second-order valence-corrected chi connectivity index (χ2v) is 6.31. The first-order chi connectivity index (χ1) is 9.31. The molecule has 6 heteroatoms. The van der Waals surface area contributed by atoms with Crippen LogP contribution < -0.4 is 0 Å². The first kappa shape index (κ1) is 12.9. The van der Waals surface area contributed by atoms with Crippen LogP contribution in [0.25, 0.3) is 5.52 Å². The highest BCUT2D eigenvalue weighted by Gasteiger charge is 2.23. The fourth-order valence-electron chi connectivity index (χ4n) is 2.23. The van der Waals surface area contributed by atoms with Crippen molar-refractivity contribution in [3.05, 3.63) is 30.1 Å². The molecule has 0 saturated carbocycles. The van der Waals surface area contributed by atoms with Gasteiger partial charge in [-0.2, -0.15) is 11.8 Å². The first-order valence-electron chi connectivity index (χ1n) is 6.19. The Morgan fingerprint density at radius 1 is 1.37 bits per heavy atom. The lowest BCUT2D eigenvalue weighted by molar-refractivity contribution is 0.0768. The van der Waals surface area contributed by atoms with E-state index < -0.39 is 0 Å². The highest BCUT2D eigenvalue weighted by atomic mass is 32.2. The molecule has 1 fully saturated rings. The maximum absolute atomic E-state index is 12.6. The van der Waals surface area contributed by atoms with Gasteiger partial charge in [0.2, 0.25) is 0 Å². The van der Waals surface area contributed by atoms with Gasteiger partial charge in [0.15, 0.2) is 10.9 Å². The Morgan fingerprint density at radius 2 is 2.16 bits per heavy atom. The van der Waals surface area contributed by atoms with Crippen molar-refractivity contribution in [1.29, 1.82) is 0 Å². The summed E-state index contributed by atoms with van der Waals surface area (Å²) in [6, 6.07) is 5.86. The molecule has 0 unspecified atom stereocenters. The topological polar surface area (TPSA) is 37.6 Å². The Hall–Kier alpha value is -1.14. The molecule has 2 aromatic rings. The van der Waals surface area contributed by atoms with E-state index in [0.29, 0.717) is 5.69 Å². The Kier molecular flexibility index (Phi) is 3.70. The van der Waals surface area contributed by atoms with Gasteiger partial charge < -0.3 is 4.90 Å². The lowest BCUT2D eigenvalue weighted by Crippen LogP contribution is -2.38. The molecule has 0 aliphatic carbocycles. The normalized spacial score (nSPS) is 15.9. The van der Waals surface area contributed by atoms with Gasteiger partial charge in [0, 0.05) is 30.8 Å². The van der Waals surface area contributed by atoms with Gasteiger partial charge in [-0.1, -0.05) is 17.8 Å². The van der Waals surface area contributed by atoms with Gasteiger partial charge in [-0.3, -0.25) is 9.20 Å². The maximum Gasteiger partial charge on any atom is 0.274 e. The highest BCUT2D eigenvalue weighted by Crippen LogP contribution is 2.22. The minimum absolute atomic E-state index is 0.0595. The van der Waals surface area contributed by atoms with Crippen LogP contribution in [0.5, 0.6) is 0 Å². The third-order valence-electron chi connectivity index (χ3n) is 3.20. The number of pyridine rings is 1. The molecule has 0 atom stereocenters. The molecule has 19 heavy (non-hydrogen) atoms. The molecule has 0 aromatic carbocycles. The van der Waals surface area contributed by atoms with Gasteiger partial charge in [-0.25, -0.2) is 4.98 Å². The minimum atomic E-state index is 0.0595. The molecule has 1 saturated heterocycles. The average molecular weight is 293 g/mol. The van der Waals surface area contributed by atoms with E-state index in [1.807, 2.05) is 51.7 Å². The molecular weight excluding hydrogens is 278 g/mol. The van der Waals surface area contributed by atoms with Crippen LogP contribution in [0.2, 0.25) is 0 Å². The molecule has 0 radical (unpaired) electrons. The summed E-state index contributed by atoms with van der Waals surface area (Å²) < 4.78 is 1.98. The first-order valence-corrected chi connectivity index (χ1v) is 8.57. The van der Waals surface area contributed by atoms with E-state index in [2.05, 4.69) is 4.98 Å². The van der Waals surface area contributed by atoms with E-state index in [9.17, 15) is 4.79 Å². The van der Waals surface area contributed by atoms with Crippen molar-refractivity contribution in [3.8, 4) is 0 Å². The summed E-state index contributed by atoms with van der Waals surface area (Å²) in [4.78, 5) is 19.0. The molecule has 4 nitrogen and oxygen atoms in total. The maximum atomic E-state index is 12.6. The van der Waals surface area contributed by atoms with Crippen LogP contribution in [0.3, 0.4) is 0 Å². The van der Waals surface area contributed by atoms with Crippen LogP contribution in [0.15, 0.2) is 29.6 Å². The fourth-order valence-corrected chi connectivity index (χ4v) is 3.67. The summed E-state index contributed by atoms with van der Waals surface area (Å²) in [7, 11) is 0. The van der Waals surface area contributed by atoms with E-state index in [4.69, 9.17) is 0 Å². The quantitative estimate of drug-likeness (QED) is 0.796. The van der Waals surface area contributed by atoms with Crippen molar-refractivity contribution in [2.75, 3.05) is 30.9 Å². The van der Waals surface area contributed by atoms with Gasteiger partial charge in [0.05, 0.1) is 5.52 Å². The summed E-state index contributed by atoms with van der Waals surface area (Å²) in [5, 5.41) is 0.866. The standard InChI is InChI=1S/C13H15N3OS2/c1-18-13-14-11(10-4-2-3-5-16(10)13)12(17)15-6-8-19-9-7-15/h2-5H,6-9H2,1H3. The fraction of sp³-hybridized carbons (Fsp3) is 0.385. The lowest BCUT2D eigenvalue weighted by atomic mass is 10.3. The average Bonchev–Trinajstić information content (AvgIpc) is 2.86. The molecule has 1 amide bonds. The molecule has 1 aliphatic rings. The van der Waals surface area contributed by atoms with E-state index in [1.165, 1.54) is 0 Å². The Labute approximate surface area is 120 Å². The Balaban J connectivity index is 2.02. The number of imidazole rings is 1. The van der Waals surface area contributed by atoms with Crippen molar-refractivity contribution in [3.63, 3.8) is 0 Å². The van der Waals surface area contributed by atoms with Crippen LogP contribution in [-0.4, -0.2) is 51.0 Å². The second kappa shape index (κ2) is 5.46. The molecule has 100 valence electrons. The predicted octanol–water partition coefficient (Wildman–Crippen LogP) is 2.25. The lowest BCUT2D eigenvalue weighted by Gasteiger charge is -2.25. The number of thioether (sulfide) groups is 2. The number of hydrogen-bond donors (Lipinski definition) is 0. The summed E-state index contributed by atoms with van der Waals surface area (Å²) in [5.41, 5.74) is 1.48. The van der Waals surface area contributed by atoms with Crippen LogP contribution in [0.4, 0.5) is 0 Å². The predicted molar refractivity (Wildman–Crippen MR) is 80.2 cm³/mol. The number of amides is 1. The number of hydrogen-bond acceptors (Lipinski definition) is 4. The zero-order valence-corrected chi connectivity index (χ0v) is 12.3. The molecule has 2 aromatic heterocycles. The van der Waals surface area contributed by atoms with Gasteiger partial charge in [-0.15, -0.1) is 0 Å². The second-order valence-electron chi connectivity index (χ2n) is 4.31. The van der Waals surface area contributed by atoms with Crippen molar-refractivity contribution in [2.24, 2.45) is 0 Å². The number of carbonyl (C=O) groups is 1. The van der Waals surface area contributed by atoms with Crippen LogP contribution in [-0.2, 0) is 0 Å². The van der Waals surface area contributed by atoms with E-state index in [1.54, 1.807) is 11.8 Å². The summed E-state index contributed by atoms with van der Waals surface area (Å²) in [6.07, 6.45) is 3.94. The molecular formula is C13H15N3OS2. The van der Waals surface area contributed by atoms with Crippen molar-refractivity contribution < 1.29 is 4.79 Å². The van der Waals surface area contributed by atoms with E-state index in [0.717, 1.165) is 35.3 Å². The van der Waals surface area contributed by atoms with Gasteiger partial charge >= 0.3 is 0 Å². The summed E-state index contributed by atoms with van der Waals surface area (Å²) in [5.74, 6) is 2.10. The van der Waals surface area contributed by atoms with E-state index in [-0.39, 0.29) is 5.91 Å². The van der Waals surface area contributed by atoms with Gasteiger partial charge in [-0.05, 0) is 18.4 Å². The number of fused-ring (bicyclic) bond motifs is 1. The molecule has 0 N–H and O–H groups in total. The number of aromatic nitrogens is 2. The van der Waals surface area contributed by atoms with Crippen LogP contribution in [0, 0.1) is 0 Å². The zero-order chi connectivity index (χ0) is 13.2. The highest BCUT2D eigenvalue weighted by molar-refractivity contribution is 7.99. The van der Waals surface area contributed by atoms with Crippen molar-refractivity contribution in [2.45, 2.75) is 5.16 Å². The smallest absolute Gasteiger partial charge is 0.274 e. The largest absolute Gasteiger partial charge is 0.336 e. The van der Waals surface area contributed by atoms with Crippen molar-refractivity contribution in [1.82, 2.24) is 14.3 Å². The Bertz CT molecular complexity index is 605. The molecule has 3 rings (SSSR count). The molecule has 0 spiro atoms. The zero-order valence-electron chi connectivity index (χ0n) is 10.7. The molecule has 0 bridgehead atoms. The SMILES string of the molecule is CSc1nc(C(=O)N2CCSCC2)c2ccccn12. The van der Waals surface area contributed by atoms with E-state index >= 15 is 0 Å². The van der Waals surface area contributed by atoms with Crippen LogP contribution in [0.1, 0.15) is 10.5 Å². The van der Waals surface area contributed by atoms with Crippen LogP contribution >= 0.6 is 23.5 Å². The molecule has 3 heterocycles. The summed E-state index contributed by atoms with van der Waals surface area (Å²) in [6.45, 7) is 1.65. The van der Waals surface area contributed by atoms with Gasteiger partial charge in [0.1, 0.15) is 0 Å². The third-order valence-corrected chi connectivity index (χ3v) is 4.80.